The highest BCUT2D eigenvalue weighted by Crippen LogP contribution is 2.43. The molecule has 0 saturated heterocycles. The third kappa shape index (κ3) is 9.38. The summed E-state index contributed by atoms with van der Waals surface area (Å²) in [5.74, 6) is 0. The monoisotopic (exact) mass is 957 g/mol. The second-order valence-electron chi connectivity index (χ2n) is 17.8. The summed E-state index contributed by atoms with van der Waals surface area (Å²) in [6, 6.07) is 57.4. The Bertz CT molecular complexity index is 4010. The largest absolute Gasteiger partial charge is 0.308 e. The van der Waals surface area contributed by atoms with Crippen molar-refractivity contribution < 1.29 is 0 Å². The molecule has 1 aliphatic rings. The quantitative estimate of drug-likeness (QED) is 0.101. The van der Waals surface area contributed by atoms with Crippen molar-refractivity contribution in [2.75, 3.05) is 14.1 Å². The van der Waals surface area contributed by atoms with Gasteiger partial charge >= 0.3 is 0 Å². The zero-order valence-electron chi connectivity index (χ0n) is 41.9. The van der Waals surface area contributed by atoms with Crippen molar-refractivity contribution in [2.45, 2.75) is 13.3 Å². The van der Waals surface area contributed by atoms with Gasteiger partial charge < -0.3 is 9.13 Å². The molecule has 0 atom stereocenters. The van der Waals surface area contributed by atoms with Gasteiger partial charge in [-0.25, -0.2) is 0 Å². The van der Waals surface area contributed by atoms with E-state index in [0.717, 1.165) is 106 Å². The number of nitrogens with zero attached hydrogens (tertiary/aromatic N) is 7. The highest BCUT2D eigenvalue weighted by molar-refractivity contribution is 6.10. The first kappa shape index (κ1) is 48.1. The number of fused-ring (bicyclic) bond motifs is 9. The van der Waals surface area contributed by atoms with Crippen molar-refractivity contribution in [3.63, 3.8) is 0 Å². The van der Waals surface area contributed by atoms with E-state index < -0.39 is 0 Å². The minimum atomic E-state index is 0.899. The average molecular weight is 958 g/mol. The van der Waals surface area contributed by atoms with Crippen LogP contribution in [0.15, 0.2) is 249 Å². The van der Waals surface area contributed by atoms with E-state index in [9.17, 15) is 0 Å². The maximum atomic E-state index is 4.96. The summed E-state index contributed by atoms with van der Waals surface area (Å²) >= 11 is 0. The maximum absolute atomic E-state index is 4.96. The number of hydrogen-bond donors (Lipinski definition) is 0. The SMILES string of the molecule is C=C/C(=C\C=C/C)c1cccc(-c2ccc3c(c2)c2ncccc2n3-c2ccc3c(c2)-c2cc(-n4c5ccc(-c6cccc(-c7cccnc7)c6)cc5c5ncccc54)ccc2C3)c1.C=CC=NC.C=CC=NC. The van der Waals surface area contributed by atoms with Crippen LogP contribution >= 0.6 is 0 Å². The summed E-state index contributed by atoms with van der Waals surface area (Å²) in [5, 5.41) is 2.25. The van der Waals surface area contributed by atoms with Crippen LogP contribution in [-0.4, -0.2) is 50.6 Å². The van der Waals surface area contributed by atoms with Crippen molar-refractivity contribution in [2.24, 2.45) is 9.98 Å². The predicted octanol–water partition coefficient (Wildman–Crippen LogP) is 16.5. The Morgan fingerprint density at radius 2 is 1.03 bits per heavy atom. The summed E-state index contributed by atoms with van der Waals surface area (Å²) < 4.78 is 4.75. The van der Waals surface area contributed by atoms with E-state index in [0.29, 0.717) is 0 Å². The van der Waals surface area contributed by atoms with Crippen LogP contribution in [0.25, 0.3) is 105 Å². The van der Waals surface area contributed by atoms with Gasteiger partial charge in [-0.15, -0.1) is 0 Å². The number of benzene rings is 6. The highest BCUT2D eigenvalue weighted by atomic mass is 15.0. The number of allylic oxidation sites excluding steroid dienone is 7. The molecule has 5 aromatic heterocycles. The zero-order chi connectivity index (χ0) is 51.0. The fraction of sp³-hybridized carbons (Fsp3) is 0.0597. The lowest BCUT2D eigenvalue weighted by Crippen LogP contribution is -1.96. The summed E-state index contributed by atoms with van der Waals surface area (Å²) in [6.07, 6.45) is 23.1. The van der Waals surface area contributed by atoms with Gasteiger partial charge in [0.05, 0.1) is 33.1 Å². The number of pyridine rings is 3. The molecule has 0 spiro atoms. The molecule has 1 aliphatic carbocycles. The van der Waals surface area contributed by atoms with Gasteiger partial charge in [-0.1, -0.05) is 123 Å². The first-order valence-electron chi connectivity index (χ1n) is 24.7. The predicted molar refractivity (Wildman–Crippen MR) is 315 cm³/mol. The van der Waals surface area contributed by atoms with Crippen molar-refractivity contribution in [3.05, 3.63) is 255 Å². The van der Waals surface area contributed by atoms with Gasteiger partial charge in [0.2, 0.25) is 0 Å². The van der Waals surface area contributed by atoms with Crippen LogP contribution in [-0.2, 0) is 6.42 Å². The molecule has 358 valence electrons. The summed E-state index contributed by atoms with van der Waals surface area (Å²) in [4.78, 5) is 21.5. The summed E-state index contributed by atoms with van der Waals surface area (Å²) in [6.45, 7) is 12.9. The van der Waals surface area contributed by atoms with Gasteiger partial charge in [0.15, 0.2) is 0 Å². The van der Waals surface area contributed by atoms with Crippen LogP contribution in [0.2, 0.25) is 0 Å². The van der Waals surface area contributed by atoms with Gasteiger partial charge in [-0.2, -0.15) is 0 Å². The molecule has 74 heavy (non-hydrogen) atoms. The molecule has 0 bridgehead atoms. The molecular weight excluding hydrogens is 903 g/mol. The molecular formula is C67H55N7. The minimum Gasteiger partial charge on any atom is -0.308 e. The molecule has 0 unspecified atom stereocenters. The van der Waals surface area contributed by atoms with Crippen molar-refractivity contribution in [3.8, 4) is 55.9 Å². The normalized spacial score (nSPS) is 12.0. The number of aromatic nitrogens is 5. The molecule has 0 fully saturated rings. The van der Waals surface area contributed by atoms with Gasteiger partial charge in [-0.05, 0) is 166 Å². The Morgan fingerprint density at radius 3 is 1.53 bits per heavy atom. The molecule has 0 amide bonds. The third-order valence-electron chi connectivity index (χ3n) is 13.3. The van der Waals surface area contributed by atoms with Crippen molar-refractivity contribution >= 4 is 61.9 Å². The van der Waals surface area contributed by atoms with E-state index in [1.807, 2.05) is 62.1 Å². The van der Waals surface area contributed by atoms with Crippen LogP contribution in [0, 0.1) is 0 Å². The number of hydrogen-bond acceptors (Lipinski definition) is 5. The average Bonchev–Trinajstić information content (AvgIpc) is 4.11. The van der Waals surface area contributed by atoms with E-state index in [4.69, 9.17) is 9.97 Å². The third-order valence-corrected chi connectivity index (χ3v) is 13.3. The molecule has 0 radical (unpaired) electrons. The second-order valence-corrected chi connectivity index (χ2v) is 17.8. The van der Waals surface area contributed by atoms with Crippen molar-refractivity contribution in [1.29, 1.82) is 0 Å². The second kappa shape index (κ2) is 21.8. The first-order valence-corrected chi connectivity index (χ1v) is 24.7. The molecule has 0 saturated carbocycles. The highest BCUT2D eigenvalue weighted by Gasteiger charge is 2.23. The molecule has 7 nitrogen and oxygen atoms in total. The lowest BCUT2D eigenvalue weighted by molar-refractivity contribution is 1.16. The Morgan fingerprint density at radius 1 is 0.514 bits per heavy atom. The van der Waals surface area contributed by atoms with E-state index in [1.165, 1.54) is 22.3 Å². The fourth-order valence-corrected chi connectivity index (χ4v) is 9.99. The first-order chi connectivity index (χ1) is 36.5. The molecule has 11 aromatic rings. The molecule has 0 aliphatic heterocycles. The van der Waals surface area contributed by atoms with E-state index in [1.54, 1.807) is 38.7 Å². The molecule has 7 heteroatoms. The molecule has 0 N–H and O–H groups in total. The Labute approximate surface area is 432 Å². The van der Waals surface area contributed by atoms with Crippen LogP contribution in [0.1, 0.15) is 23.6 Å². The Kier molecular flexibility index (Phi) is 14.2. The summed E-state index contributed by atoms with van der Waals surface area (Å²) in [7, 11) is 3.42. The van der Waals surface area contributed by atoms with Crippen LogP contribution in [0.4, 0.5) is 0 Å². The Hall–Kier alpha value is -9.59. The van der Waals surface area contributed by atoms with Gasteiger partial charge in [-0.3, -0.25) is 24.9 Å². The summed E-state index contributed by atoms with van der Waals surface area (Å²) in [5.41, 5.74) is 22.9. The lowest BCUT2D eigenvalue weighted by Gasteiger charge is -2.13. The van der Waals surface area contributed by atoms with Crippen LogP contribution in [0.5, 0.6) is 0 Å². The van der Waals surface area contributed by atoms with E-state index in [2.05, 4.69) is 196 Å². The van der Waals surface area contributed by atoms with Gasteiger partial charge in [0.1, 0.15) is 0 Å². The zero-order valence-corrected chi connectivity index (χ0v) is 41.9. The van der Waals surface area contributed by atoms with Crippen LogP contribution in [0.3, 0.4) is 0 Å². The van der Waals surface area contributed by atoms with Gasteiger partial charge in [0.25, 0.3) is 0 Å². The van der Waals surface area contributed by atoms with E-state index in [-0.39, 0.29) is 0 Å². The standard InChI is InChI=1S/C59H41N5.2C4H7N/c1-3-5-11-38(4-2)39-12-6-13-40(30-39)43-21-25-54-52(33-43)58-56(17-9-28-61-58)63(54)48-23-19-45-32-46-20-24-49(36-51(46)50(45)35-48)64-55-26-22-44(34-53(55)59-57(64)18-10-29-62-59)41-14-7-15-42(31-41)47-16-8-27-60-37-47;2*1-3-4-5-2/h3-31,33-37H,2,32H2,1H3;2*3-4H,1H2,2H3/b5-3-,38-11+;;. The molecule has 5 heterocycles. The number of rotatable bonds is 10. The fourth-order valence-electron chi connectivity index (χ4n) is 9.99. The number of aliphatic imine (C=N–C) groups is 2. The lowest BCUT2D eigenvalue weighted by atomic mass is 9.98. The Balaban J connectivity index is 0.000000575. The minimum absolute atomic E-state index is 0.899. The van der Waals surface area contributed by atoms with Crippen LogP contribution < -0.4 is 0 Å². The maximum Gasteiger partial charge on any atom is 0.0963 e. The van der Waals surface area contributed by atoms with Gasteiger partial charge in [0, 0.05) is 79.0 Å². The smallest absolute Gasteiger partial charge is 0.0963 e. The van der Waals surface area contributed by atoms with Crippen molar-refractivity contribution in [1.82, 2.24) is 24.1 Å². The topological polar surface area (TPSA) is 73.2 Å². The molecule has 12 rings (SSSR count). The van der Waals surface area contributed by atoms with E-state index >= 15 is 0 Å². The molecule has 6 aromatic carbocycles.